The molecule has 1 aromatic rings. The zero-order chi connectivity index (χ0) is 16.7. The van der Waals surface area contributed by atoms with E-state index in [1.807, 2.05) is 0 Å². The lowest BCUT2D eigenvalue weighted by molar-refractivity contribution is -0.384. The van der Waals surface area contributed by atoms with Crippen LogP contribution >= 0.6 is 0 Å². The highest BCUT2D eigenvalue weighted by Crippen LogP contribution is 2.39. The summed E-state index contributed by atoms with van der Waals surface area (Å²) >= 11 is 0. The number of carbonyl (C=O) groups is 1. The second-order valence-electron chi connectivity index (χ2n) is 4.67. The van der Waals surface area contributed by atoms with Crippen molar-refractivity contribution in [2.24, 2.45) is 5.10 Å². The van der Waals surface area contributed by atoms with Crippen molar-refractivity contribution in [3.05, 3.63) is 39.9 Å². The number of amides is 1. The van der Waals surface area contributed by atoms with Crippen LogP contribution in [-0.2, 0) is 10.5 Å². The van der Waals surface area contributed by atoms with E-state index >= 15 is 0 Å². The van der Waals surface area contributed by atoms with Crippen molar-refractivity contribution < 1.29 is 28.0 Å². The van der Waals surface area contributed by atoms with Gasteiger partial charge in [-0.25, -0.2) is 0 Å². The minimum absolute atomic E-state index is 0.101. The number of hydrogen-bond donors (Lipinski definition) is 1. The van der Waals surface area contributed by atoms with Gasteiger partial charge in [0.15, 0.2) is 5.72 Å². The van der Waals surface area contributed by atoms with E-state index in [0.717, 1.165) is 31.2 Å². The maximum absolute atomic E-state index is 12.8. The summed E-state index contributed by atoms with van der Waals surface area (Å²) in [6.45, 7) is 0.958. The molecule has 0 spiro atoms. The Morgan fingerprint density at radius 2 is 1.95 bits per heavy atom. The van der Waals surface area contributed by atoms with Gasteiger partial charge in [-0.15, -0.1) is 0 Å². The smallest absolute Gasteiger partial charge is 0.365 e. The highest BCUT2D eigenvalue weighted by Gasteiger charge is 2.52. The summed E-state index contributed by atoms with van der Waals surface area (Å²) in [7, 11) is 0. The lowest BCUT2D eigenvalue weighted by atomic mass is 9.97. The summed E-state index contributed by atoms with van der Waals surface area (Å²) < 4.78 is 38.3. The fraction of sp³-hybridized carbons (Fsp3) is 0.333. The Labute approximate surface area is 121 Å². The summed E-state index contributed by atoms with van der Waals surface area (Å²) in [5, 5.41) is 24.5. The molecule has 1 N–H and O–H groups in total. The predicted octanol–water partition coefficient (Wildman–Crippen LogP) is 1.91. The molecule has 10 heteroatoms. The molecule has 2 rings (SSSR count). The first-order chi connectivity index (χ1) is 10.1. The predicted molar refractivity (Wildman–Crippen MR) is 67.6 cm³/mol. The van der Waals surface area contributed by atoms with Crippen molar-refractivity contribution in [3.63, 3.8) is 0 Å². The standard InChI is InChI=1S/C12H10F3N3O4/c1-7(19)17-11(20,6-10(16-17)12(13,14)15)8-2-4-9(5-3-8)18(21)22/h2-5,20H,6H2,1H3/t11-/m0/s1. The summed E-state index contributed by atoms with van der Waals surface area (Å²) in [5.41, 5.74) is -4.03. The Balaban J connectivity index is 2.44. The molecule has 7 nitrogen and oxygen atoms in total. The van der Waals surface area contributed by atoms with Gasteiger partial charge in [0.25, 0.3) is 5.69 Å². The monoisotopic (exact) mass is 317 g/mol. The minimum atomic E-state index is -4.79. The van der Waals surface area contributed by atoms with E-state index in [9.17, 15) is 33.2 Å². The quantitative estimate of drug-likeness (QED) is 0.665. The molecule has 0 unspecified atom stereocenters. The third kappa shape index (κ3) is 2.64. The zero-order valence-electron chi connectivity index (χ0n) is 11.2. The van der Waals surface area contributed by atoms with Crippen LogP contribution in [0.15, 0.2) is 29.4 Å². The maximum atomic E-state index is 12.8. The molecule has 1 aliphatic heterocycles. The van der Waals surface area contributed by atoms with Gasteiger partial charge in [0.1, 0.15) is 5.71 Å². The summed E-state index contributed by atoms with van der Waals surface area (Å²) in [5.74, 6) is -0.889. The van der Waals surface area contributed by atoms with E-state index in [1.165, 1.54) is 0 Å². The molecule has 0 saturated heterocycles. The van der Waals surface area contributed by atoms with Gasteiger partial charge in [-0.3, -0.25) is 14.9 Å². The van der Waals surface area contributed by atoms with Crippen molar-refractivity contribution in [1.29, 1.82) is 0 Å². The van der Waals surface area contributed by atoms with Crippen LogP contribution in [0.3, 0.4) is 0 Å². The Hall–Kier alpha value is -2.49. The number of alkyl halides is 3. The number of aliphatic hydroxyl groups is 1. The lowest BCUT2D eigenvalue weighted by Crippen LogP contribution is -2.42. The van der Waals surface area contributed by atoms with Crippen molar-refractivity contribution in [3.8, 4) is 0 Å². The Kier molecular flexibility index (Phi) is 3.65. The molecule has 1 atom stereocenters. The van der Waals surface area contributed by atoms with Crippen LogP contribution in [0, 0.1) is 10.1 Å². The number of nitrogens with zero attached hydrogens (tertiary/aromatic N) is 3. The molecule has 1 amide bonds. The number of hydrazone groups is 1. The van der Waals surface area contributed by atoms with Crippen molar-refractivity contribution in [2.75, 3.05) is 0 Å². The normalized spacial score (nSPS) is 21.7. The molecule has 0 radical (unpaired) electrons. The first-order valence-electron chi connectivity index (χ1n) is 5.98. The van der Waals surface area contributed by atoms with E-state index < -0.39 is 34.9 Å². The Morgan fingerprint density at radius 3 is 2.36 bits per heavy atom. The second-order valence-corrected chi connectivity index (χ2v) is 4.67. The molecule has 1 aliphatic rings. The molecule has 0 saturated carbocycles. The minimum Gasteiger partial charge on any atom is -0.365 e. The molecule has 1 aromatic carbocycles. The van der Waals surface area contributed by atoms with Gasteiger partial charge in [-0.2, -0.15) is 23.3 Å². The summed E-state index contributed by atoms with van der Waals surface area (Å²) in [6, 6.07) is 4.22. The highest BCUT2D eigenvalue weighted by molar-refractivity contribution is 5.94. The number of benzene rings is 1. The van der Waals surface area contributed by atoms with Gasteiger partial charge < -0.3 is 5.11 Å². The number of nitro benzene ring substituents is 1. The Morgan fingerprint density at radius 1 is 1.41 bits per heavy atom. The Bertz CT molecular complexity index is 657. The van der Waals surface area contributed by atoms with Crippen molar-refractivity contribution in [1.82, 2.24) is 5.01 Å². The van der Waals surface area contributed by atoms with Crippen LogP contribution in [0.25, 0.3) is 0 Å². The average Bonchev–Trinajstić information content (AvgIpc) is 2.78. The molecule has 0 bridgehead atoms. The largest absolute Gasteiger partial charge is 0.431 e. The van der Waals surface area contributed by atoms with Gasteiger partial charge in [0, 0.05) is 24.6 Å². The molecule has 118 valence electrons. The number of rotatable bonds is 2. The zero-order valence-corrected chi connectivity index (χ0v) is 11.2. The number of halogens is 3. The van der Waals surface area contributed by atoms with Gasteiger partial charge in [0.2, 0.25) is 5.91 Å². The van der Waals surface area contributed by atoms with Gasteiger partial charge >= 0.3 is 6.18 Å². The number of non-ortho nitro benzene ring substituents is 1. The third-order valence-electron chi connectivity index (χ3n) is 3.15. The molecular weight excluding hydrogens is 307 g/mol. The average molecular weight is 317 g/mol. The van der Waals surface area contributed by atoms with Crippen LogP contribution in [0.1, 0.15) is 18.9 Å². The number of carbonyl (C=O) groups excluding carboxylic acids is 1. The first kappa shape index (κ1) is 15.9. The van der Waals surface area contributed by atoms with Crippen LogP contribution in [0.4, 0.5) is 18.9 Å². The van der Waals surface area contributed by atoms with Gasteiger partial charge in [0.05, 0.1) is 11.3 Å². The molecular formula is C12H10F3N3O4. The third-order valence-corrected chi connectivity index (χ3v) is 3.15. The van der Waals surface area contributed by atoms with Gasteiger partial charge in [-0.1, -0.05) is 0 Å². The highest BCUT2D eigenvalue weighted by atomic mass is 19.4. The second kappa shape index (κ2) is 5.05. The van der Waals surface area contributed by atoms with Crippen LogP contribution in [0.2, 0.25) is 0 Å². The SMILES string of the molecule is CC(=O)N1N=C(C(F)(F)F)C[C@]1(O)c1ccc([N+](=O)[O-])cc1. The van der Waals surface area contributed by atoms with Crippen molar-refractivity contribution in [2.45, 2.75) is 25.2 Å². The van der Waals surface area contributed by atoms with E-state index in [1.54, 1.807) is 0 Å². The summed E-state index contributed by atoms with van der Waals surface area (Å²) in [6.07, 6.45) is -5.74. The summed E-state index contributed by atoms with van der Waals surface area (Å²) in [4.78, 5) is 21.4. The molecule has 0 aliphatic carbocycles. The van der Waals surface area contributed by atoms with Crippen LogP contribution < -0.4 is 0 Å². The van der Waals surface area contributed by atoms with E-state index in [-0.39, 0.29) is 11.3 Å². The first-order valence-corrected chi connectivity index (χ1v) is 5.98. The number of hydrogen-bond acceptors (Lipinski definition) is 5. The fourth-order valence-electron chi connectivity index (χ4n) is 2.11. The maximum Gasteiger partial charge on any atom is 0.431 e. The van der Waals surface area contributed by atoms with Gasteiger partial charge in [-0.05, 0) is 12.1 Å². The van der Waals surface area contributed by atoms with Crippen molar-refractivity contribution >= 4 is 17.3 Å². The molecule has 0 fully saturated rings. The molecule has 0 aromatic heterocycles. The van der Waals surface area contributed by atoms with E-state index in [4.69, 9.17) is 0 Å². The van der Waals surface area contributed by atoms with E-state index in [2.05, 4.69) is 5.10 Å². The van der Waals surface area contributed by atoms with Crippen LogP contribution in [-0.4, -0.2) is 32.8 Å². The molecule has 1 heterocycles. The number of nitro groups is 1. The lowest BCUT2D eigenvalue weighted by Gasteiger charge is -2.30. The van der Waals surface area contributed by atoms with Crippen LogP contribution in [0.5, 0.6) is 0 Å². The fourth-order valence-corrected chi connectivity index (χ4v) is 2.11. The molecule has 22 heavy (non-hydrogen) atoms. The van der Waals surface area contributed by atoms with E-state index in [0.29, 0.717) is 5.01 Å². The topological polar surface area (TPSA) is 96.0 Å².